The molecule has 4 rings (SSSR count). The van der Waals surface area contributed by atoms with Crippen LogP contribution in [0.25, 0.3) is 0 Å². The van der Waals surface area contributed by atoms with Crippen LogP contribution in [0.2, 0.25) is 0 Å². The molecule has 0 aliphatic carbocycles. The lowest BCUT2D eigenvalue weighted by molar-refractivity contribution is 0.0407. The predicted octanol–water partition coefficient (Wildman–Crippen LogP) is 2.19. The van der Waals surface area contributed by atoms with Crippen LogP contribution in [-0.2, 0) is 19.6 Å². The molecule has 0 aromatic heterocycles. The summed E-state index contributed by atoms with van der Waals surface area (Å²) < 4.78 is 5.46. The van der Waals surface area contributed by atoms with Crippen LogP contribution in [0.4, 0.5) is 0 Å². The van der Waals surface area contributed by atoms with Crippen molar-refractivity contribution in [1.82, 2.24) is 14.7 Å². The van der Waals surface area contributed by atoms with Crippen LogP contribution in [0.3, 0.4) is 0 Å². The van der Waals surface area contributed by atoms with Gasteiger partial charge < -0.3 is 14.7 Å². The number of piperazine rings is 1. The Bertz CT molecular complexity index is 765. The first kappa shape index (κ1) is 19.4. The molecule has 1 N–H and O–H groups in total. The van der Waals surface area contributed by atoms with Crippen LogP contribution in [0.15, 0.2) is 48.5 Å². The fourth-order valence-electron chi connectivity index (χ4n) is 4.39. The zero-order chi connectivity index (χ0) is 19.3. The van der Waals surface area contributed by atoms with Crippen molar-refractivity contribution in [2.75, 3.05) is 46.4 Å². The molecule has 5 heteroatoms. The quantitative estimate of drug-likeness (QED) is 0.860. The molecule has 28 heavy (non-hydrogen) atoms. The zero-order valence-corrected chi connectivity index (χ0v) is 16.8. The first-order valence-electron chi connectivity index (χ1n) is 10.3. The van der Waals surface area contributed by atoms with Gasteiger partial charge in [-0.1, -0.05) is 36.4 Å². The van der Waals surface area contributed by atoms with Crippen LogP contribution in [-0.4, -0.2) is 72.3 Å². The number of hydrogen-bond donors (Lipinski definition) is 1. The minimum Gasteiger partial charge on any atom is -0.491 e. The molecule has 2 aliphatic heterocycles. The molecule has 1 atom stereocenters. The molecule has 0 radical (unpaired) electrons. The first-order chi connectivity index (χ1) is 13.7. The van der Waals surface area contributed by atoms with E-state index in [1.807, 2.05) is 12.1 Å². The second kappa shape index (κ2) is 9.05. The van der Waals surface area contributed by atoms with Gasteiger partial charge in [0.1, 0.15) is 12.4 Å². The second-order valence-corrected chi connectivity index (χ2v) is 8.04. The van der Waals surface area contributed by atoms with Crippen LogP contribution >= 0.6 is 0 Å². The molecular weight excluding hydrogens is 350 g/mol. The number of aliphatic hydroxyl groups excluding tert-OH is 1. The van der Waals surface area contributed by atoms with E-state index in [4.69, 9.17) is 9.84 Å². The van der Waals surface area contributed by atoms with Crippen molar-refractivity contribution in [1.29, 1.82) is 0 Å². The molecule has 0 amide bonds. The Balaban J connectivity index is 1.39. The van der Waals surface area contributed by atoms with Gasteiger partial charge in [-0.25, -0.2) is 0 Å². The molecule has 1 fully saturated rings. The van der Waals surface area contributed by atoms with Crippen molar-refractivity contribution in [3.05, 3.63) is 65.2 Å². The Labute approximate surface area is 168 Å². The van der Waals surface area contributed by atoms with Crippen LogP contribution in [0.1, 0.15) is 16.7 Å². The molecule has 150 valence electrons. The lowest BCUT2D eigenvalue weighted by Crippen LogP contribution is -2.56. The SMILES string of the molecule is CN1Cc2ccccc2CN2CCN(Cc3ccc(OCCO)cc3)CC2C1. The highest BCUT2D eigenvalue weighted by Gasteiger charge is 2.30. The lowest BCUT2D eigenvalue weighted by Gasteiger charge is -2.44. The van der Waals surface area contributed by atoms with Gasteiger partial charge in [0.25, 0.3) is 0 Å². The number of nitrogens with zero attached hydrogens (tertiary/aromatic N) is 3. The molecule has 5 nitrogen and oxygen atoms in total. The van der Waals surface area contributed by atoms with Gasteiger partial charge in [0.15, 0.2) is 0 Å². The number of hydrogen-bond acceptors (Lipinski definition) is 5. The van der Waals surface area contributed by atoms with E-state index in [1.165, 1.54) is 16.7 Å². The summed E-state index contributed by atoms with van der Waals surface area (Å²) in [5.74, 6) is 0.822. The maximum Gasteiger partial charge on any atom is 0.119 e. The third-order valence-corrected chi connectivity index (χ3v) is 5.83. The summed E-state index contributed by atoms with van der Waals surface area (Å²) in [6.45, 7) is 7.91. The number of ether oxygens (including phenoxy) is 1. The van der Waals surface area contributed by atoms with E-state index in [0.29, 0.717) is 12.6 Å². The van der Waals surface area contributed by atoms with Crippen molar-refractivity contribution < 1.29 is 9.84 Å². The summed E-state index contributed by atoms with van der Waals surface area (Å²) in [6, 6.07) is 17.7. The normalized spacial score (nSPS) is 21.4. The number of rotatable bonds is 5. The topological polar surface area (TPSA) is 39.2 Å². The highest BCUT2D eigenvalue weighted by Crippen LogP contribution is 2.23. The molecule has 1 saturated heterocycles. The third kappa shape index (κ3) is 4.73. The second-order valence-electron chi connectivity index (χ2n) is 8.04. The summed E-state index contributed by atoms with van der Waals surface area (Å²) in [5.41, 5.74) is 4.26. The average Bonchev–Trinajstić information content (AvgIpc) is 2.69. The van der Waals surface area contributed by atoms with Crippen LogP contribution < -0.4 is 4.74 Å². The van der Waals surface area contributed by atoms with Gasteiger partial charge in [-0.2, -0.15) is 0 Å². The highest BCUT2D eigenvalue weighted by molar-refractivity contribution is 5.28. The van der Waals surface area contributed by atoms with E-state index in [2.05, 4.69) is 58.1 Å². The minimum atomic E-state index is 0.0480. The largest absolute Gasteiger partial charge is 0.491 e. The van der Waals surface area contributed by atoms with Crippen molar-refractivity contribution in [2.45, 2.75) is 25.7 Å². The van der Waals surface area contributed by atoms with Gasteiger partial charge in [0, 0.05) is 51.9 Å². The Morgan fingerprint density at radius 1 is 0.964 bits per heavy atom. The standard InChI is InChI=1S/C23H31N3O2/c1-24-15-20-4-2-3-5-21(20)16-26-11-10-25(18-22(26)17-24)14-19-6-8-23(9-7-19)28-13-12-27/h2-9,22,27H,10-18H2,1H3. The summed E-state index contributed by atoms with van der Waals surface area (Å²) in [7, 11) is 2.24. The Hall–Kier alpha value is -1.92. The molecule has 2 aromatic carbocycles. The van der Waals surface area contributed by atoms with E-state index in [0.717, 1.165) is 51.6 Å². The Kier molecular flexibility index (Phi) is 6.27. The zero-order valence-electron chi connectivity index (χ0n) is 16.8. The highest BCUT2D eigenvalue weighted by atomic mass is 16.5. The van der Waals surface area contributed by atoms with Gasteiger partial charge in [-0.05, 0) is 35.9 Å². The van der Waals surface area contributed by atoms with E-state index in [9.17, 15) is 0 Å². The van der Waals surface area contributed by atoms with Crippen LogP contribution in [0.5, 0.6) is 5.75 Å². The number of fused-ring (bicyclic) bond motifs is 2. The van der Waals surface area contributed by atoms with Gasteiger partial charge in [0.05, 0.1) is 6.61 Å². The van der Waals surface area contributed by atoms with E-state index in [-0.39, 0.29) is 6.61 Å². The lowest BCUT2D eigenvalue weighted by atomic mass is 10.0. The Morgan fingerprint density at radius 2 is 1.71 bits per heavy atom. The molecular formula is C23H31N3O2. The van der Waals surface area contributed by atoms with E-state index < -0.39 is 0 Å². The molecule has 0 bridgehead atoms. The monoisotopic (exact) mass is 381 g/mol. The summed E-state index contributed by atoms with van der Waals surface area (Å²) in [5, 5.41) is 8.86. The van der Waals surface area contributed by atoms with Gasteiger partial charge >= 0.3 is 0 Å². The molecule has 2 aliphatic rings. The van der Waals surface area contributed by atoms with Gasteiger partial charge in [0.2, 0.25) is 0 Å². The number of aliphatic hydroxyl groups is 1. The fourth-order valence-corrected chi connectivity index (χ4v) is 4.39. The smallest absolute Gasteiger partial charge is 0.119 e. The molecule has 0 spiro atoms. The maximum absolute atomic E-state index is 8.86. The first-order valence-corrected chi connectivity index (χ1v) is 10.3. The Morgan fingerprint density at radius 3 is 2.46 bits per heavy atom. The molecule has 2 heterocycles. The average molecular weight is 382 g/mol. The van der Waals surface area contributed by atoms with Gasteiger partial charge in [-0.15, -0.1) is 0 Å². The maximum atomic E-state index is 8.86. The van der Waals surface area contributed by atoms with Crippen molar-refractivity contribution in [2.24, 2.45) is 0 Å². The summed E-state index contributed by atoms with van der Waals surface area (Å²) >= 11 is 0. The molecule has 2 aromatic rings. The van der Waals surface area contributed by atoms with E-state index >= 15 is 0 Å². The van der Waals surface area contributed by atoms with Crippen LogP contribution in [0, 0.1) is 0 Å². The summed E-state index contributed by atoms with van der Waals surface area (Å²) in [4.78, 5) is 7.70. The summed E-state index contributed by atoms with van der Waals surface area (Å²) in [6.07, 6.45) is 0. The molecule has 0 saturated carbocycles. The number of likely N-dealkylation sites (N-methyl/N-ethyl adjacent to an activating group) is 1. The fraction of sp³-hybridized carbons (Fsp3) is 0.478. The van der Waals surface area contributed by atoms with Crippen molar-refractivity contribution in [3.8, 4) is 5.75 Å². The predicted molar refractivity (Wildman–Crippen MR) is 111 cm³/mol. The van der Waals surface area contributed by atoms with Crippen molar-refractivity contribution >= 4 is 0 Å². The molecule has 1 unspecified atom stereocenters. The number of benzene rings is 2. The third-order valence-electron chi connectivity index (χ3n) is 5.83. The van der Waals surface area contributed by atoms with E-state index in [1.54, 1.807) is 0 Å². The minimum absolute atomic E-state index is 0.0480. The van der Waals surface area contributed by atoms with Crippen molar-refractivity contribution in [3.63, 3.8) is 0 Å². The van der Waals surface area contributed by atoms with Gasteiger partial charge in [-0.3, -0.25) is 9.80 Å².